The van der Waals surface area contributed by atoms with Gasteiger partial charge in [0.25, 0.3) is 0 Å². The highest BCUT2D eigenvalue weighted by molar-refractivity contribution is 5.82. The molecule has 0 unspecified atom stereocenters. The van der Waals surface area contributed by atoms with Crippen LogP contribution in [0.4, 0.5) is 5.69 Å². The molecule has 0 aliphatic heterocycles. The Morgan fingerprint density at radius 3 is 2.26 bits per heavy atom. The van der Waals surface area contributed by atoms with Crippen LogP contribution in [-0.4, -0.2) is 11.5 Å². The fourth-order valence-electron chi connectivity index (χ4n) is 3.03. The molecule has 0 spiro atoms. The number of rotatable bonds is 12. The van der Waals surface area contributed by atoms with Gasteiger partial charge in [0, 0.05) is 23.8 Å². The molecule has 0 bridgehead atoms. The second-order valence-electron chi connectivity index (χ2n) is 6.52. The van der Waals surface area contributed by atoms with Gasteiger partial charge in [-0.25, -0.2) is 0 Å². The van der Waals surface area contributed by atoms with Gasteiger partial charge in [0.1, 0.15) is 0 Å². The highest BCUT2D eigenvalue weighted by atomic mass is 14.9. The molecule has 2 nitrogen and oxygen atoms in total. The summed E-state index contributed by atoms with van der Waals surface area (Å²) in [4.78, 5) is 4.36. The molecular weight excluding hydrogens is 280 g/mol. The Labute approximate surface area is 141 Å². The van der Waals surface area contributed by atoms with E-state index in [0.29, 0.717) is 0 Å². The maximum atomic E-state index is 4.36. The lowest BCUT2D eigenvalue weighted by Crippen LogP contribution is -2.01. The van der Waals surface area contributed by atoms with Gasteiger partial charge in [0.15, 0.2) is 0 Å². The molecule has 0 aliphatic carbocycles. The van der Waals surface area contributed by atoms with E-state index in [1.165, 1.54) is 75.3 Å². The second kappa shape index (κ2) is 11.0. The largest absolute Gasteiger partial charge is 0.385 e. The number of nitrogens with zero attached hydrogens (tertiary/aromatic N) is 1. The number of hydrogen-bond donors (Lipinski definition) is 1. The van der Waals surface area contributed by atoms with Gasteiger partial charge in [-0.05, 0) is 30.7 Å². The minimum absolute atomic E-state index is 1.07. The van der Waals surface area contributed by atoms with Crippen LogP contribution in [0.5, 0.6) is 0 Å². The Hall–Kier alpha value is -1.57. The molecule has 0 amide bonds. The number of unbranched alkanes of at least 4 members (excludes halogenated alkanes) is 9. The minimum atomic E-state index is 1.07. The van der Waals surface area contributed by atoms with Crippen molar-refractivity contribution < 1.29 is 0 Å². The first-order valence-corrected chi connectivity index (χ1v) is 9.49. The van der Waals surface area contributed by atoms with Crippen LogP contribution in [0, 0.1) is 0 Å². The average molecular weight is 313 g/mol. The van der Waals surface area contributed by atoms with Gasteiger partial charge in [-0.15, -0.1) is 0 Å². The van der Waals surface area contributed by atoms with Crippen LogP contribution in [0.25, 0.3) is 10.9 Å². The predicted octanol–water partition coefficient (Wildman–Crippen LogP) is 6.57. The van der Waals surface area contributed by atoms with E-state index in [1.807, 2.05) is 12.3 Å². The van der Waals surface area contributed by atoms with E-state index in [4.69, 9.17) is 0 Å². The number of benzene rings is 1. The summed E-state index contributed by atoms with van der Waals surface area (Å²) in [6.45, 7) is 3.35. The normalized spacial score (nSPS) is 11.0. The molecule has 1 N–H and O–H groups in total. The first kappa shape index (κ1) is 17.8. The lowest BCUT2D eigenvalue weighted by molar-refractivity contribution is 0.560. The summed E-state index contributed by atoms with van der Waals surface area (Å²) >= 11 is 0. The van der Waals surface area contributed by atoms with Crippen LogP contribution < -0.4 is 5.32 Å². The minimum Gasteiger partial charge on any atom is -0.385 e. The van der Waals surface area contributed by atoms with Crippen molar-refractivity contribution in [3.05, 3.63) is 36.5 Å². The van der Waals surface area contributed by atoms with Crippen LogP contribution in [-0.2, 0) is 0 Å². The summed E-state index contributed by atoms with van der Waals surface area (Å²) in [6.07, 6.45) is 15.7. The van der Waals surface area contributed by atoms with Crippen LogP contribution >= 0.6 is 0 Å². The van der Waals surface area contributed by atoms with E-state index >= 15 is 0 Å². The Morgan fingerprint density at radius 1 is 0.826 bits per heavy atom. The summed E-state index contributed by atoms with van der Waals surface area (Å²) in [5.41, 5.74) is 2.28. The van der Waals surface area contributed by atoms with Crippen molar-refractivity contribution in [2.45, 2.75) is 71.1 Å². The fraction of sp³-hybridized carbons (Fsp3) is 0.571. The highest BCUT2D eigenvalue weighted by Gasteiger charge is 1.97. The lowest BCUT2D eigenvalue weighted by Gasteiger charge is -2.07. The van der Waals surface area contributed by atoms with E-state index < -0.39 is 0 Å². The maximum Gasteiger partial charge on any atom is 0.0703 e. The van der Waals surface area contributed by atoms with Gasteiger partial charge in [-0.3, -0.25) is 4.98 Å². The molecule has 0 fully saturated rings. The molecule has 1 aromatic heterocycles. The third kappa shape index (κ3) is 7.02. The number of aromatic nitrogens is 1. The van der Waals surface area contributed by atoms with Gasteiger partial charge in [0.05, 0.1) is 5.52 Å². The van der Waals surface area contributed by atoms with Crippen molar-refractivity contribution in [1.29, 1.82) is 0 Å². The van der Waals surface area contributed by atoms with Crippen molar-refractivity contribution in [3.8, 4) is 0 Å². The zero-order valence-electron chi connectivity index (χ0n) is 14.7. The van der Waals surface area contributed by atoms with Gasteiger partial charge in [0.2, 0.25) is 0 Å². The average Bonchev–Trinajstić information content (AvgIpc) is 2.59. The molecule has 23 heavy (non-hydrogen) atoms. The summed E-state index contributed by atoms with van der Waals surface area (Å²) in [7, 11) is 0. The van der Waals surface area contributed by atoms with Crippen LogP contribution in [0.3, 0.4) is 0 Å². The smallest absolute Gasteiger partial charge is 0.0703 e. The maximum absolute atomic E-state index is 4.36. The molecule has 2 heteroatoms. The van der Waals surface area contributed by atoms with Gasteiger partial charge >= 0.3 is 0 Å². The van der Waals surface area contributed by atoms with E-state index in [-0.39, 0.29) is 0 Å². The standard InChI is InChI=1S/C21H32N2/c1-2-3-4-5-6-7-8-9-10-11-16-22-20-14-15-21-19(18-20)13-12-17-23-21/h12-15,17-18,22H,2-11,16H2,1H3. The van der Waals surface area contributed by atoms with Crippen LogP contribution in [0.2, 0.25) is 0 Å². The molecule has 2 rings (SSSR count). The molecule has 126 valence electrons. The molecular formula is C21H32N2. The van der Waals surface area contributed by atoms with Crippen molar-refractivity contribution in [3.63, 3.8) is 0 Å². The third-order valence-corrected chi connectivity index (χ3v) is 4.46. The molecule has 0 radical (unpaired) electrons. The van der Waals surface area contributed by atoms with Crippen molar-refractivity contribution >= 4 is 16.6 Å². The topological polar surface area (TPSA) is 24.9 Å². The Balaban J connectivity index is 1.50. The third-order valence-electron chi connectivity index (χ3n) is 4.46. The fourth-order valence-corrected chi connectivity index (χ4v) is 3.03. The molecule has 0 aliphatic rings. The number of pyridine rings is 1. The molecule has 0 atom stereocenters. The molecule has 1 aromatic carbocycles. The van der Waals surface area contributed by atoms with Gasteiger partial charge in [-0.2, -0.15) is 0 Å². The molecule has 1 heterocycles. The van der Waals surface area contributed by atoms with Crippen LogP contribution in [0.1, 0.15) is 71.1 Å². The van der Waals surface area contributed by atoms with Crippen molar-refractivity contribution in [1.82, 2.24) is 4.98 Å². The van der Waals surface area contributed by atoms with E-state index in [9.17, 15) is 0 Å². The van der Waals surface area contributed by atoms with E-state index in [0.717, 1.165) is 12.1 Å². The number of anilines is 1. The molecule has 0 saturated carbocycles. The molecule has 2 aromatic rings. The van der Waals surface area contributed by atoms with Crippen molar-refractivity contribution in [2.24, 2.45) is 0 Å². The van der Waals surface area contributed by atoms with Crippen LogP contribution in [0.15, 0.2) is 36.5 Å². The summed E-state index contributed by atoms with van der Waals surface area (Å²) < 4.78 is 0. The van der Waals surface area contributed by atoms with Crippen molar-refractivity contribution in [2.75, 3.05) is 11.9 Å². The second-order valence-corrected chi connectivity index (χ2v) is 6.52. The van der Waals surface area contributed by atoms with E-state index in [2.05, 4.69) is 41.5 Å². The number of fused-ring (bicyclic) bond motifs is 1. The lowest BCUT2D eigenvalue weighted by atomic mass is 10.1. The first-order chi connectivity index (χ1) is 11.4. The summed E-state index contributed by atoms with van der Waals surface area (Å²) in [6, 6.07) is 10.5. The Morgan fingerprint density at radius 2 is 1.52 bits per heavy atom. The Kier molecular flexibility index (Phi) is 8.53. The molecule has 0 saturated heterocycles. The summed E-state index contributed by atoms with van der Waals surface area (Å²) in [5.74, 6) is 0. The van der Waals surface area contributed by atoms with Gasteiger partial charge in [-0.1, -0.05) is 70.8 Å². The highest BCUT2D eigenvalue weighted by Crippen LogP contribution is 2.17. The first-order valence-electron chi connectivity index (χ1n) is 9.49. The van der Waals surface area contributed by atoms with Gasteiger partial charge < -0.3 is 5.32 Å². The van der Waals surface area contributed by atoms with E-state index in [1.54, 1.807) is 0 Å². The summed E-state index contributed by atoms with van der Waals surface area (Å²) in [5, 5.41) is 4.74. The zero-order valence-corrected chi connectivity index (χ0v) is 14.7. The zero-order chi connectivity index (χ0) is 16.2. The quantitative estimate of drug-likeness (QED) is 0.448. The number of hydrogen-bond acceptors (Lipinski definition) is 2. The monoisotopic (exact) mass is 312 g/mol. The SMILES string of the molecule is CCCCCCCCCCCCNc1ccc2ncccc2c1. The predicted molar refractivity (Wildman–Crippen MR) is 102 cm³/mol. The number of nitrogens with one attached hydrogen (secondary N) is 1. The Bertz CT molecular complexity index is 550.